The molecule has 1 aliphatic heterocycles. The van der Waals surface area contributed by atoms with Gasteiger partial charge in [0.05, 0.1) is 14.2 Å². The molecule has 0 spiro atoms. The van der Waals surface area contributed by atoms with Gasteiger partial charge in [0.1, 0.15) is 0 Å². The number of likely N-dealkylation sites (tertiary alicyclic amines) is 1. The smallest absolute Gasteiger partial charge is 0.191 e. The molecule has 2 rings (SSSR count). The Morgan fingerprint density at radius 2 is 2.04 bits per heavy atom. The average molecular weight is 433 g/mol. The standard InChI is InChI=1S/C17H27N3O2.HI/c1-13-5-4-10-20(12-13)17(18)19-9-8-14-6-7-15(21-2)16(11-14)22-3;/h6-7,11,13H,4-5,8-10,12H2,1-3H3,(H2,18,19);1H. The number of benzene rings is 1. The summed E-state index contributed by atoms with van der Waals surface area (Å²) < 4.78 is 10.6. The summed E-state index contributed by atoms with van der Waals surface area (Å²) in [6, 6.07) is 5.96. The minimum absolute atomic E-state index is 0. The maximum atomic E-state index is 6.11. The number of methoxy groups -OCH3 is 2. The molecule has 2 N–H and O–H groups in total. The first-order valence-electron chi connectivity index (χ1n) is 7.89. The molecule has 1 heterocycles. The van der Waals surface area contributed by atoms with Crippen LogP contribution >= 0.6 is 24.0 Å². The van der Waals surface area contributed by atoms with Crippen molar-refractivity contribution in [2.24, 2.45) is 16.6 Å². The highest BCUT2D eigenvalue weighted by Gasteiger charge is 2.17. The zero-order valence-electron chi connectivity index (χ0n) is 14.2. The Morgan fingerprint density at radius 1 is 1.30 bits per heavy atom. The fourth-order valence-electron chi connectivity index (χ4n) is 2.83. The highest BCUT2D eigenvalue weighted by atomic mass is 127. The number of nitrogens with two attached hydrogens (primary N) is 1. The number of hydrogen-bond acceptors (Lipinski definition) is 3. The first kappa shape index (κ1) is 19.9. The van der Waals surface area contributed by atoms with Gasteiger partial charge in [-0.1, -0.05) is 13.0 Å². The number of piperidine rings is 1. The number of nitrogens with zero attached hydrogens (tertiary/aromatic N) is 2. The van der Waals surface area contributed by atoms with E-state index in [-0.39, 0.29) is 24.0 Å². The van der Waals surface area contributed by atoms with Crippen LogP contribution in [0.15, 0.2) is 23.2 Å². The van der Waals surface area contributed by atoms with E-state index in [1.54, 1.807) is 14.2 Å². The Balaban J connectivity index is 0.00000264. The normalized spacial score (nSPS) is 18.3. The van der Waals surface area contributed by atoms with Gasteiger partial charge < -0.3 is 20.1 Å². The number of hydrogen-bond donors (Lipinski definition) is 1. The molecule has 0 radical (unpaired) electrons. The molecular formula is C17H28IN3O2. The molecule has 23 heavy (non-hydrogen) atoms. The molecule has 1 aliphatic rings. The van der Waals surface area contributed by atoms with Crippen LogP contribution in [0.2, 0.25) is 0 Å². The van der Waals surface area contributed by atoms with Crippen LogP contribution in [0.4, 0.5) is 0 Å². The molecule has 0 saturated carbocycles. The molecule has 0 amide bonds. The zero-order chi connectivity index (χ0) is 15.9. The van der Waals surface area contributed by atoms with Crippen molar-refractivity contribution in [1.82, 2.24) is 4.90 Å². The van der Waals surface area contributed by atoms with Crippen LogP contribution in [0.5, 0.6) is 11.5 Å². The predicted molar refractivity (Wildman–Crippen MR) is 105 cm³/mol. The number of guanidine groups is 1. The summed E-state index contributed by atoms with van der Waals surface area (Å²) >= 11 is 0. The Bertz CT molecular complexity index is 523. The van der Waals surface area contributed by atoms with Crippen molar-refractivity contribution in [2.75, 3.05) is 33.9 Å². The van der Waals surface area contributed by atoms with Crippen molar-refractivity contribution in [1.29, 1.82) is 0 Å². The third-order valence-electron chi connectivity index (χ3n) is 4.10. The molecule has 6 heteroatoms. The van der Waals surface area contributed by atoms with E-state index in [0.717, 1.165) is 31.0 Å². The molecule has 0 aliphatic carbocycles. The minimum Gasteiger partial charge on any atom is -0.493 e. The van der Waals surface area contributed by atoms with Crippen molar-refractivity contribution in [3.05, 3.63) is 23.8 Å². The van der Waals surface area contributed by atoms with Crippen LogP contribution in [0.25, 0.3) is 0 Å². The summed E-state index contributed by atoms with van der Waals surface area (Å²) in [7, 11) is 3.29. The quantitative estimate of drug-likeness (QED) is 0.441. The number of ether oxygens (including phenoxy) is 2. The Hall–Kier alpha value is -1.18. The van der Waals surface area contributed by atoms with Crippen molar-refractivity contribution >= 4 is 29.9 Å². The van der Waals surface area contributed by atoms with E-state index in [9.17, 15) is 0 Å². The topological polar surface area (TPSA) is 60.1 Å². The monoisotopic (exact) mass is 433 g/mol. The van der Waals surface area contributed by atoms with Crippen molar-refractivity contribution in [3.63, 3.8) is 0 Å². The first-order valence-corrected chi connectivity index (χ1v) is 7.89. The third kappa shape index (κ3) is 5.75. The highest BCUT2D eigenvalue weighted by Crippen LogP contribution is 2.27. The van der Waals surface area contributed by atoms with E-state index < -0.39 is 0 Å². The molecule has 1 unspecified atom stereocenters. The minimum atomic E-state index is 0. The molecule has 1 aromatic carbocycles. The van der Waals surface area contributed by atoms with Gasteiger partial charge in [-0.3, -0.25) is 4.99 Å². The molecule has 1 atom stereocenters. The van der Waals surface area contributed by atoms with Gasteiger partial charge in [-0.05, 0) is 42.9 Å². The van der Waals surface area contributed by atoms with Gasteiger partial charge in [-0.15, -0.1) is 24.0 Å². The zero-order valence-corrected chi connectivity index (χ0v) is 16.6. The van der Waals surface area contributed by atoms with E-state index in [0.29, 0.717) is 18.4 Å². The SMILES string of the molecule is COc1ccc(CCN=C(N)N2CCCC(C)C2)cc1OC.I. The number of aliphatic imine (C=N–C) groups is 1. The summed E-state index contributed by atoms with van der Waals surface area (Å²) in [6.45, 7) is 5.00. The van der Waals surface area contributed by atoms with Gasteiger partial charge in [0.25, 0.3) is 0 Å². The molecule has 0 aromatic heterocycles. The van der Waals surface area contributed by atoms with Crippen molar-refractivity contribution in [3.8, 4) is 11.5 Å². The van der Waals surface area contributed by atoms with E-state index in [1.807, 2.05) is 18.2 Å². The second kappa shape index (κ2) is 9.85. The number of halogens is 1. The Labute approximate surface area is 156 Å². The maximum absolute atomic E-state index is 6.11. The first-order chi connectivity index (χ1) is 10.6. The summed E-state index contributed by atoms with van der Waals surface area (Å²) in [5.41, 5.74) is 7.28. The van der Waals surface area contributed by atoms with E-state index in [1.165, 1.54) is 18.4 Å². The van der Waals surface area contributed by atoms with Crippen molar-refractivity contribution < 1.29 is 9.47 Å². The van der Waals surface area contributed by atoms with Crippen LogP contribution < -0.4 is 15.2 Å². The number of rotatable bonds is 5. The lowest BCUT2D eigenvalue weighted by Crippen LogP contribution is -2.43. The molecule has 1 fully saturated rings. The average Bonchev–Trinajstić information content (AvgIpc) is 2.54. The van der Waals surface area contributed by atoms with E-state index >= 15 is 0 Å². The van der Waals surface area contributed by atoms with Crippen LogP contribution in [0, 0.1) is 5.92 Å². The van der Waals surface area contributed by atoms with Gasteiger partial charge in [-0.2, -0.15) is 0 Å². The summed E-state index contributed by atoms with van der Waals surface area (Å²) in [4.78, 5) is 6.72. The van der Waals surface area contributed by atoms with Gasteiger partial charge in [0.15, 0.2) is 17.5 Å². The van der Waals surface area contributed by atoms with Gasteiger partial charge in [0, 0.05) is 19.6 Å². The molecule has 1 aromatic rings. The molecule has 5 nitrogen and oxygen atoms in total. The van der Waals surface area contributed by atoms with Crippen molar-refractivity contribution in [2.45, 2.75) is 26.2 Å². The third-order valence-corrected chi connectivity index (χ3v) is 4.10. The second-order valence-electron chi connectivity index (χ2n) is 5.87. The lowest BCUT2D eigenvalue weighted by atomic mass is 10.0. The fraction of sp³-hybridized carbons (Fsp3) is 0.588. The van der Waals surface area contributed by atoms with Crippen LogP contribution in [0.3, 0.4) is 0 Å². The van der Waals surface area contributed by atoms with Gasteiger partial charge in [-0.25, -0.2) is 0 Å². The summed E-state index contributed by atoms with van der Waals surface area (Å²) in [6.07, 6.45) is 3.33. The van der Waals surface area contributed by atoms with E-state index in [2.05, 4.69) is 16.8 Å². The van der Waals surface area contributed by atoms with Crippen LogP contribution in [-0.2, 0) is 6.42 Å². The molecule has 1 saturated heterocycles. The Kier molecular flexibility index (Phi) is 8.51. The summed E-state index contributed by atoms with van der Waals surface area (Å²) in [5, 5.41) is 0. The predicted octanol–water partition coefficient (Wildman–Crippen LogP) is 2.91. The largest absolute Gasteiger partial charge is 0.493 e. The van der Waals surface area contributed by atoms with Crippen LogP contribution in [0.1, 0.15) is 25.3 Å². The Morgan fingerprint density at radius 3 is 2.70 bits per heavy atom. The lowest BCUT2D eigenvalue weighted by molar-refractivity contribution is 0.270. The fourth-order valence-corrected chi connectivity index (χ4v) is 2.83. The second-order valence-corrected chi connectivity index (χ2v) is 5.87. The van der Waals surface area contributed by atoms with E-state index in [4.69, 9.17) is 15.2 Å². The summed E-state index contributed by atoms with van der Waals surface area (Å²) in [5.74, 6) is 2.87. The molecule has 130 valence electrons. The highest BCUT2D eigenvalue weighted by molar-refractivity contribution is 14.0. The molecular weight excluding hydrogens is 405 g/mol. The maximum Gasteiger partial charge on any atom is 0.191 e. The molecule has 0 bridgehead atoms. The van der Waals surface area contributed by atoms with Gasteiger partial charge in [0.2, 0.25) is 0 Å². The van der Waals surface area contributed by atoms with Gasteiger partial charge >= 0.3 is 0 Å². The van der Waals surface area contributed by atoms with Crippen LogP contribution in [-0.4, -0.2) is 44.7 Å². The lowest BCUT2D eigenvalue weighted by Gasteiger charge is -2.31.